The molecule has 0 aliphatic heterocycles. The smallest absolute Gasteiger partial charge is 0.243 e. The Morgan fingerprint density at radius 2 is 1.79 bits per heavy atom. The molecule has 2 rings (SSSR count). The number of sulfone groups is 1. The number of hydrogen-bond donors (Lipinski definition) is 0. The fourth-order valence-electron chi connectivity index (χ4n) is 3.03. The van der Waals surface area contributed by atoms with Gasteiger partial charge < -0.3 is 4.74 Å². The standard InChI is InChI=1S/C21H22N4O6S2/c1-14-9-21(31-4)24-18(17(14)12-23)11-16(26)13-32(27,28)20-10-15(7-8-22)5-6-19(20)33(29,30)25(2)3/h5-6,9-10H,7,11,13H2,1-4H3. The SMILES string of the molecule is COc1cc(C)c(C#N)c(CC(=O)CS(=O)(=O)c2cc(CC#N)ccc2S(=O)(=O)N(C)C)n1. The number of ketones is 1. The molecule has 174 valence electrons. The van der Waals surface area contributed by atoms with Crippen molar-refractivity contribution in [3.05, 3.63) is 46.6 Å². The Bertz CT molecular complexity index is 1390. The maximum atomic E-state index is 13.1. The Balaban J connectivity index is 2.51. The number of nitrogens with zero attached hydrogens (tertiary/aromatic N) is 4. The zero-order chi connectivity index (χ0) is 25.0. The van der Waals surface area contributed by atoms with Gasteiger partial charge in [0.1, 0.15) is 16.7 Å². The molecule has 1 heterocycles. The summed E-state index contributed by atoms with van der Waals surface area (Å²) in [6.07, 6.45) is -0.606. The van der Waals surface area contributed by atoms with Crippen molar-refractivity contribution < 1.29 is 26.4 Å². The first-order chi connectivity index (χ1) is 15.4. The second kappa shape index (κ2) is 10.1. The van der Waals surface area contributed by atoms with E-state index in [-0.39, 0.29) is 29.1 Å². The molecule has 0 N–H and O–H groups in total. The number of Topliss-reactive ketones (excluding diaryl/α,β-unsaturated/α-hetero) is 1. The minimum atomic E-state index is -4.42. The van der Waals surface area contributed by atoms with Gasteiger partial charge in [-0.3, -0.25) is 4.79 Å². The van der Waals surface area contributed by atoms with Gasteiger partial charge in [-0.25, -0.2) is 26.1 Å². The molecule has 0 fully saturated rings. The molecule has 1 aromatic carbocycles. The van der Waals surface area contributed by atoms with Gasteiger partial charge in [-0.15, -0.1) is 0 Å². The fraction of sp³-hybridized carbons (Fsp3) is 0.333. The number of carbonyl (C=O) groups excluding carboxylic acids is 1. The number of aromatic nitrogens is 1. The third kappa shape index (κ3) is 5.73. The average Bonchev–Trinajstić information content (AvgIpc) is 2.73. The summed E-state index contributed by atoms with van der Waals surface area (Å²) >= 11 is 0. The van der Waals surface area contributed by atoms with Gasteiger partial charge in [-0.1, -0.05) is 6.07 Å². The van der Waals surface area contributed by atoms with E-state index in [9.17, 15) is 26.9 Å². The number of benzene rings is 1. The predicted molar refractivity (Wildman–Crippen MR) is 118 cm³/mol. The van der Waals surface area contributed by atoms with Gasteiger partial charge in [0.2, 0.25) is 15.9 Å². The van der Waals surface area contributed by atoms with Gasteiger partial charge in [-0.05, 0) is 30.2 Å². The maximum Gasteiger partial charge on any atom is 0.243 e. The molecule has 0 aliphatic rings. The number of methoxy groups -OCH3 is 1. The summed E-state index contributed by atoms with van der Waals surface area (Å²) in [6, 6.07) is 8.89. The minimum absolute atomic E-state index is 0.0638. The number of ether oxygens (including phenoxy) is 1. The minimum Gasteiger partial charge on any atom is -0.481 e. The van der Waals surface area contributed by atoms with E-state index < -0.39 is 47.6 Å². The number of sulfonamides is 1. The highest BCUT2D eigenvalue weighted by Crippen LogP contribution is 2.26. The molecule has 0 bridgehead atoms. The quantitative estimate of drug-likeness (QED) is 0.503. The molecule has 12 heteroatoms. The van der Waals surface area contributed by atoms with Crippen LogP contribution in [-0.4, -0.2) is 58.9 Å². The second-order valence-electron chi connectivity index (χ2n) is 7.29. The number of rotatable bonds is 9. The molecule has 0 atom stereocenters. The van der Waals surface area contributed by atoms with Crippen LogP contribution in [0.5, 0.6) is 5.88 Å². The van der Waals surface area contributed by atoms with Gasteiger partial charge in [0, 0.05) is 20.2 Å². The van der Waals surface area contributed by atoms with E-state index in [0.29, 0.717) is 5.56 Å². The van der Waals surface area contributed by atoms with Crippen LogP contribution in [0.1, 0.15) is 22.4 Å². The molecule has 0 unspecified atom stereocenters. The summed E-state index contributed by atoms with van der Waals surface area (Å²) in [6.45, 7) is 1.63. The van der Waals surface area contributed by atoms with Crippen LogP contribution in [-0.2, 0) is 37.5 Å². The zero-order valence-electron chi connectivity index (χ0n) is 18.5. The molecule has 2 aromatic rings. The van der Waals surface area contributed by atoms with Crippen molar-refractivity contribution in [3.8, 4) is 18.0 Å². The van der Waals surface area contributed by atoms with Crippen molar-refractivity contribution in [2.24, 2.45) is 0 Å². The van der Waals surface area contributed by atoms with E-state index in [1.54, 1.807) is 6.92 Å². The van der Waals surface area contributed by atoms with Crippen molar-refractivity contribution >= 4 is 25.6 Å². The first kappa shape index (κ1) is 25.9. The molecule has 0 saturated heterocycles. The Hall–Kier alpha value is -3.32. The summed E-state index contributed by atoms with van der Waals surface area (Å²) in [5.41, 5.74) is 0.999. The predicted octanol–water partition coefficient (Wildman–Crippen LogP) is 1.17. The van der Waals surface area contributed by atoms with Crippen LogP contribution in [0.3, 0.4) is 0 Å². The Morgan fingerprint density at radius 1 is 1.12 bits per heavy atom. The lowest BCUT2D eigenvalue weighted by atomic mass is 10.1. The van der Waals surface area contributed by atoms with Crippen molar-refractivity contribution in [2.75, 3.05) is 27.0 Å². The van der Waals surface area contributed by atoms with Crippen LogP contribution in [0.15, 0.2) is 34.1 Å². The molecular formula is C21H22N4O6S2. The number of carbonyl (C=O) groups is 1. The molecule has 1 aromatic heterocycles. The molecule has 10 nitrogen and oxygen atoms in total. The van der Waals surface area contributed by atoms with Gasteiger partial charge in [-0.2, -0.15) is 10.5 Å². The zero-order valence-corrected chi connectivity index (χ0v) is 20.1. The van der Waals surface area contributed by atoms with Gasteiger partial charge in [0.25, 0.3) is 0 Å². The van der Waals surface area contributed by atoms with Crippen LogP contribution >= 0.6 is 0 Å². The Morgan fingerprint density at radius 3 is 2.33 bits per heavy atom. The van der Waals surface area contributed by atoms with Gasteiger partial charge in [0.05, 0.1) is 42.2 Å². The molecule has 0 aliphatic carbocycles. The van der Waals surface area contributed by atoms with Crippen LogP contribution < -0.4 is 4.74 Å². The highest BCUT2D eigenvalue weighted by Gasteiger charge is 2.30. The van der Waals surface area contributed by atoms with E-state index in [1.165, 1.54) is 33.3 Å². The number of nitriles is 2. The summed E-state index contributed by atoms with van der Waals surface area (Å²) in [7, 11) is -4.71. The monoisotopic (exact) mass is 490 g/mol. The maximum absolute atomic E-state index is 13.1. The Kier molecular flexibility index (Phi) is 7.93. The topological polar surface area (TPSA) is 158 Å². The summed E-state index contributed by atoms with van der Waals surface area (Å²) < 4.78 is 57.5. The third-order valence-electron chi connectivity index (χ3n) is 4.69. The van der Waals surface area contributed by atoms with Crippen molar-refractivity contribution in [2.45, 2.75) is 29.6 Å². The molecule has 0 saturated carbocycles. The lowest BCUT2D eigenvalue weighted by molar-refractivity contribution is -0.116. The number of hydrogen-bond acceptors (Lipinski definition) is 9. The first-order valence-electron chi connectivity index (χ1n) is 9.48. The normalized spacial score (nSPS) is 11.6. The average molecular weight is 491 g/mol. The summed E-state index contributed by atoms with van der Waals surface area (Å²) in [5, 5.41) is 18.3. The summed E-state index contributed by atoms with van der Waals surface area (Å²) in [4.78, 5) is 15.7. The van der Waals surface area contributed by atoms with Crippen molar-refractivity contribution in [3.63, 3.8) is 0 Å². The van der Waals surface area contributed by atoms with Gasteiger partial charge >= 0.3 is 0 Å². The van der Waals surface area contributed by atoms with E-state index in [1.807, 2.05) is 12.1 Å². The molecule has 33 heavy (non-hydrogen) atoms. The molecular weight excluding hydrogens is 468 g/mol. The van der Waals surface area contributed by atoms with E-state index >= 15 is 0 Å². The first-order valence-corrected chi connectivity index (χ1v) is 12.6. The lowest BCUT2D eigenvalue weighted by Crippen LogP contribution is -2.26. The van der Waals surface area contributed by atoms with Crippen LogP contribution in [0, 0.1) is 29.6 Å². The molecule has 0 spiro atoms. The largest absolute Gasteiger partial charge is 0.481 e. The Labute approximate surface area is 193 Å². The van der Waals surface area contributed by atoms with E-state index in [2.05, 4.69) is 4.98 Å². The van der Waals surface area contributed by atoms with Crippen molar-refractivity contribution in [1.29, 1.82) is 10.5 Å². The molecule has 0 radical (unpaired) electrons. The van der Waals surface area contributed by atoms with Crippen LogP contribution in [0.25, 0.3) is 0 Å². The van der Waals surface area contributed by atoms with Crippen molar-refractivity contribution in [1.82, 2.24) is 9.29 Å². The number of pyridine rings is 1. The summed E-state index contributed by atoms with van der Waals surface area (Å²) in [5.74, 6) is -1.63. The van der Waals surface area contributed by atoms with Crippen LogP contribution in [0.4, 0.5) is 0 Å². The lowest BCUT2D eigenvalue weighted by Gasteiger charge is -2.16. The fourth-order valence-corrected chi connectivity index (χ4v) is 6.06. The second-order valence-corrected chi connectivity index (χ2v) is 11.4. The van der Waals surface area contributed by atoms with Crippen LogP contribution in [0.2, 0.25) is 0 Å². The van der Waals surface area contributed by atoms with Gasteiger partial charge in [0.15, 0.2) is 15.6 Å². The highest BCUT2D eigenvalue weighted by molar-refractivity contribution is 7.94. The third-order valence-corrected chi connectivity index (χ3v) is 8.40. The number of aryl methyl sites for hydroxylation is 1. The highest BCUT2D eigenvalue weighted by atomic mass is 32.2. The molecule has 0 amide bonds. The van der Waals surface area contributed by atoms with E-state index in [4.69, 9.17) is 10.00 Å². The van der Waals surface area contributed by atoms with E-state index in [0.717, 1.165) is 16.4 Å².